The summed E-state index contributed by atoms with van der Waals surface area (Å²) in [6.45, 7) is 5.72. The molecule has 1 aromatic carbocycles. The van der Waals surface area contributed by atoms with Crippen molar-refractivity contribution in [1.29, 1.82) is 0 Å². The number of carbonyl (C=O) groups excluding carboxylic acids is 1. The third-order valence-electron chi connectivity index (χ3n) is 5.34. The summed E-state index contributed by atoms with van der Waals surface area (Å²) in [5, 5.41) is 0. The Balaban J connectivity index is 1.41. The van der Waals surface area contributed by atoms with E-state index in [4.69, 9.17) is 4.74 Å². The van der Waals surface area contributed by atoms with Crippen molar-refractivity contribution >= 4 is 11.9 Å². The van der Waals surface area contributed by atoms with Gasteiger partial charge < -0.3 is 14.5 Å². The van der Waals surface area contributed by atoms with Gasteiger partial charge in [0.2, 0.25) is 5.95 Å². The molecule has 1 spiro atoms. The quantitative estimate of drug-likeness (QED) is 0.830. The summed E-state index contributed by atoms with van der Waals surface area (Å²) >= 11 is 0. The number of piperidine rings is 1. The lowest BCUT2D eigenvalue weighted by molar-refractivity contribution is -0.0872. The molecule has 6 nitrogen and oxygen atoms in total. The van der Waals surface area contributed by atoms with E-state index in [2.05, 4.69) is 14.9 Å². The minimum Gasteiger partial charge on any atom is -0.371 e. The molecule has 2 aliphatic heterocycles. The summed E-state index contributed by atoms with van der Waals surface area (Å²) in [6, 6.07) is 9.62. The van der Waals surface area contributed by atoms with Crippen LogP contribution in [-0.2, 0) is 4.74 Å². The molecule has 4 rings (SSSR count). The molecular weight excluding hydrogens is 328 g/mol. The lowest BCUT2D eigenvalue weighted by atomic mass is 9.89. The van der Waals surface area contributed by atoms with Crippen LogP contribution < -0.4 is 4.90 Å². The minimum absolute atomic E-state index is 0.110. The summed E-state index contributed by atoms with van der Waals surface area (Å²) in [5.74, 6) is 0.868. The maximum atomic E-state index is 12.7. The highest BCUT2D eigenvalue weighted by atomic mass is 16.5. The molecule has 0 unspecified atom stereocenters. The van der Waals surface area contributed by atoms with Crippen molar-refractivity contribution in [1.82, 2.24) is 14.9 Å². The number of carbonyl (C=O) groups is 1. The number of amides is 1. The van der Waals surface area contributed by atoms with Crippen molar-refractivity contribution in [3.63, 3.8) is 0 Å². The Morgan fingerprint density at radius 1 is 1.08 bits per heavy atom. The van der Waals surface area contributed by atoms with Gasteiger partial charge in [-0.1, -0.05) is 17.7 Å². The SMILES string of the molecule is Cc1ccc(C(=O)N2CCC3(CC2)CN(c2ncccn2)CCO3)cc1. The molecule has 3 heterocycles. The molecule has 2 aliphatic rings. The van der Waals surface area contributed by atoms with Gasteiger partial charge in [0.05, 0.1) is 18.8 Å². The third-order valence-corrected chi connectivity index (χ3v) is 5.34. The standard InChI is InChI=1S/C20H24N4O2/c1-16-3-5-17(6-4-16)18(25)23-11-7-20(8-12-23)15-24(13-14-26-20)19-21-9-2-10-22-19/h2-6,9-10H,7-8,11-15H2,1H3. The van der Waals surface area contributed by atoms with Gasteiger partial charge in [0, 0.05) is 37.6 Å². The molecule has 1 amide bonds. The molecule has 0 radical (unpaired) electrons. The molecule has 0 bridgehead atoms. The van der Waals surface area contributed by atoms with Crippen molar-refractivity contribution in [2.24, 2.45) is 0 Å². The van der Waals surface area contributed by atoms with E-state index in [0.717, 1.165) is 56.1 Å². The van der Waals surface area contributed by atoms with Gasteiger partial charge in [-0.3, -0.25) is 4.79 Å². The average molecular weight is 352 g/mol. The Bertz CT molecular complexity index is 755. The van der Waals surface area contributed by atoms with E-state index in [0.29, 0.717) is 6.61 Å². The van der Waals surface area contributed by atoms with Crippen LogP contribution in [0.15, 0.2) is 42.7 Å². The average Bonchev–Trinajstić information content (AvgIpc) is 2.69. The number of hydrogen-bond donors (Lipinski definition) is 0. The van der Waals surface area contributed by atoms with E-state index in [9.17, 15) is 4.79 Å². The van der Waals surface area contributed by atoms with Crippen LogP contribution in [0.25, 0.3) is 0 Å². The number of aromatic nitrogens is 2. The first-order chi connectivity index (χ1) is 12.7. The second-order valence-electron chi connectivity index (χ2n) is 7.16. The number of benzene rings is 1. The second-order valence-corrected chi connectivity index (χ2v) is 7.16. The number of morpholine rings is 1. The van der Waals surface area contributed by atoms with Gasteiger partial charge in [-0.2, -0.15) is 0 Å². The zero-order valence-corrected chi connectivity index (χ0v) is 15.1. The van der Waals surface area contributed by atoms with Gasteiger partial charge in [0.25, 0.3) is 5.91 Å². The smallest absolute Gasteiger partial charge is 0.253 e. The Morgan fingerprint density at radius 2 is 1.77 bits per heavy atom. The van der Waals surface area contributed by atoms with Gasteiger partial charge >= 0.3 is 0 Å². The summed E-state index contributed by atoms with van der Waals surface area (Å²) < 4.78 is 6.17. The van der Waals surface area contributed by atoms with Crippen LogP contribution in [0.2, 0.25) is 0 Å². The van der Waals surface area contributed by atoms with Crippen molar-refractivity contribution in [3.8, 4) is 0 Å². The van der Waals surface area contributed by atoms with Crippen molar-refractivity contribution in [2.75, 3.05) is 37.7 Å². The van der Waals surface area contributed by atoms with E-state index in [1.807, 2.05) is 42.2 Å². The number of anilines is 1. The van der Waals surface area contributed by atoms with Gasteiger partial charge in [-0.05, 0) is 38.0 Å². The van der Waals surface area contributed by atoms with E-state index in [-0.39, 0.29) is 11.5 Å². The maximum Gasteiger partial charge on any atom is 0.253 e. The Labute approximate surface area is 153 Å². The number of rotatable bonds is 2. The largest absolute Gasteiger partial charge is 0.371 e. The molecule has 2 fully saturated rings. The monoisotopic (exact) mass is 352 g/mol. The molecular formula is C20H24N4O2. The van der Waals surface area contributed by atoms with E-state index in [1.54, 1.807) is 12.4 Å². The minimum atomic E-state index is -0.207. The summed E-state index contributed by atoms with van der Waals surface area (Å²) in [4.78, 5) is 25.6. The zero-order chi connectivity index (χ0) is 18.0. The number of ether oxygens (including phenoxy) is 1. The van der Waals surface area contributed by atoms with Crippen LogP contribution in [0.5, 0.6) is 0 Å². The van der Waals surface area contributed by atoms with Gasteiger partial charge in [0.15, 0.2) is 0 Å². The third kappa shape index (κ3) is 3.42. The lowest BCUT2D eigenvalue weighted by Gasteiger charge is -2.47. The Morgan fingerprint density at radius 3 is 2.46 bits per heavy atom. The molecule has 0 aliphatic carbocycles. The molecule has 0 saturated carbocycles. The number of likely N-dealkylation sites (tertiary alicyclic amines) is 1. The fraction of sp³-hybridized carbons (Fsp3) is 0.450. The Hall–Kier alpha value is -2.47. The molecule has 2 aromatic rings. The van der Waals surface area contributed by atoms with Crippen LogP contribution >= 0.6 is 0 Å². The Kier molecular flexibility index (Phi) is 4.59. The molecule has 136 valence electrons. The molecule has 0 N–H and O–H groups in total. The van der Waals surface area contributed by atoms with Gasteiger partial charge in [-0.15, -0.1) is 0 Å². The van der Waals surface area contributed by atoms with Crippen molar-refractivity contribution in [2.45, 2.75) is 25.4 Å². The molecule has 6 heteroatoms. The second kappa shape index (κ2) is 7.03. The summed E-state index contributed by atoms with van der Waals surface area (Å²) in [5.41, 5.74) is 1.72. The fourth-order valence-corrected chi connectivity index (χ4v) is 3.77. The summed E-state index contributed by atoms with van der Waals surface area (Å²) in [6.07, 6.45) is 5.22. The number of aryl methyl sites for hydroxylation is 1. The first-order valence-electron chi connectivity index (χ1n) is 9.17. The van der Waals surface area contributed by atoms with Crippen LogP contribution in [-0.4, -0.2) is 59.2 Å². The molecule has 0 atom stereocenters. The van der Waals surface area contributed by atoms with Crippen molar-refractivity contribution < 1.29 is 9.53 Å². The van der Waals surface area contributed by atoms with Crippen LogP contribution in [0, 0.1) is 6.92 Å². The topological polar surface area (TPSA) is 58.6 Å². The van der Waals surface area contributed by atoms with Crippen LogP contribution in [0.1, 0.15) is 28.8 Å². The maximum absolute atomic E-state index is 12.7. The van der Waals surface area contributed by atoms with Gasteiger partial charge in [-0.25, -0.2) is 9.97 Å². The van der Waals surface area contributed by atoms with Crippen LogP contribution in [0.3, 0.4) is 0 Å². The predicted molar refractivity (Wildman–Crippen MR) is 99.2 cm³/mol. The van der Waals surface area contributed by atoms with E-state index in [1.165, 1.54) is 0 Å². The summed E-state index contributed by atoms with van der Waals surface area (Å²) in [7, 11) is 0. The fourth-order valence-electron chi connectivity index (χ4n) is 3.77. The molecule has 1 aromatic heterocycles. The predicted octanol–water partition coefficient (Wildman–Crippen LogP) is 2.30. The van der Waals surface area contributed by atoms with E-state index >= 15 is 0 Å². The van der Waals surface area contributed by atoms with E-state index < -0.39 is 0 Å². The highest BCUT2D eigenvalue weighted by Crippen LogP contribution is 2.31. The molecule has 26 heavy (non-hydrogen) atoms. The zero-order valence-electron chi connectivity index (χ0n) is 15.1. The molecule has 2 saturated heterocycles. The van der Waals surface area contributed by atoms with Crippen molar-refractivity contribution in [3.05, 3.63) is 53.9 Å². The lowest BCUT2D eigenvalue weighted by Crippen LogP contribution is -2.58. The number of nitrogens with zero attached hydrogens (tertiary/aromatic N) is 4. The number of hydrogen-bond acceptors (Lipinski definition) is 5. The van der Waals surface area contributed by atoms with Crippen LogP contribution in [0.4, 0.5) is 5.95 Å². The van der Waals surface area contributed by atoms with Gasteiger partial charge in [0.1, 0.15) is 0 Å². The first-order valence-corrected chi connectivity index (χ1v) is 9.17. The highest BCUT2D eigenvalue weighted by Gasteiger charge is 2.41. The normalized spacial score (nSPS) is 19.6. The first kappa shape index (κ1) is 17.0. The highest BCUT2D eigenvalue weighted by molar-refractivity contribution is 5.94.